The van der Waals surface area contributed by atoms with E-state index in [1.807, 2.05) is 0 Å². The van der Waals surface area contributed by atoms with Crippen LogP contribution in [0.3, 0.4) is 0 Å². The first-order valence-corrected chi connectivity index (χ1v) is 3.58. The van der Waals surface area contributed by atoms with E-state index in [0.717, 1.165) is 12.8 Å². The first-order chi connectivity index (χ1) is 4.36. The SMILES string of the molecule is CCC1=CNC(CC)N1. The maximum Gasteiger partial charge on any atom is 0.0955 e. The predicted molar refractivity (Wildman–Crippen MR) is 38.7 cm³/mol. The van der Waals surface area contributed by atoms with Gasteiger partial charge in [0.2, 0.25) is 0 Å². The van der Waals surface area contributed by atoms with Crippen LogP contribution < -0.4 is 10.6 Å². The summed E-state index contributed by atoms with van der Waals surface area (Å²) in [6.07, 6.45) is 4.79. The molecule has 1 aliphatic heterocycles. The second-order valence-corrected chi connectivity index (χ2v) is 2.29. The van der Waals surface area contributed by atoms with Gasteiger partial charge in [-0.3, -0.25) is 0 Å². The van der Waals surface area contributed by atoms with E-state index in [1.54, 1.807) is 0 Å². The molecule has 0 saturated carbocycles. The van der Waals surface area contributed by atoms with Crippen LogP contribution in [0.15, 0.2) is 11.9 Å². The summed E-state index contributed by atoms with van der Waals surface area (Å²) in [6, 6.07) is 0. The van der Waals surface area contributed by atoms with E-state index >= 15 is 0 Å². The van der Waals surface area contributed by atoms with E-state index in [4.69, 9.17) is 0 Å². The highest BCUT2D eigenvalue weighted by atomic mass is 15.2. The summed E-state index contributed by atoms with van der Waals surface area (Å²) in [5.74, 6) is 0. The van der Waals surface area contributed by atoms with Crippen molar-refractivity contribution in [2.24, 2.45) is 0 Å². The Kier molecular flexibility index (Phi) is 1.98. The van der Waals surface area contributed by atoms with Crippen LogP contribution >= 0.6 is 0 Å². The van der Waals surface area contributed by atoms with Gasteiger partial charge in [-0.05, 0) is 12.8 Å². The molecule has 0 spiro atoms. The molecule has 0 saturated heterocycles. The zero-order chi connectivity index (χ0) is 6.69. The highest BCUT2D eigenvalue weighted by molar-refractivity contribution is 5.05. The molecular formula is C7H14N2. The van der Waals surface area contributed by atoms with Crippen LogP contribution in [0.2, 0.25) is 0 Å². The summed E-state index contributed by atoms with van der Waals surface area (Å²) < 4.78 is 0. The molecule has 1 rings (SSSR count). The van der Waals surface area contributed by atoms with Crippen molar-refractivity contribution in [1.29, 1.82) is 0 Å². The molecule has 2 nitrogen and oxygen atoms in total. The van der Waals surface area contributed by atoms with E-state index in [9.17, 15) is 0 Å². The maximum absolute atomic E-state index is 3.34. The number of nitrogens with one attached hydrogen (secondary N) is 2. The molecule has 1 atom stereocenters. The summed E-state index contributed by atoms with van der Waals surface area (Å²) in [6.45, 7) is 4.32. The van der Waals surface area contributed by atoms with Gasteiger partial charge in [-0.2, -0.15) is 0 Å². The molecule has 1 unspecified atom stereocenters. The zero-order valence-corrected chi connectivity index (χ0v) is 6.07. The lowest BCUT2D eigenvalue weighted by atomic mass is 10.3. The maximum atomic E-state index is 3.34. The van der Waals surface area contributed by atoms with Crippen LogP contribution in [0.25, 0.3) is 0 Å². The van der Waals surface area contributed by atoms with Gasteiger partial charge in [0.25, 0.3) is 0 Å². The molecule has 0 aromatic heterocycles. The average molecular weight is 126 g/mol. The van der Waals surface area contributed by atoms with E-state index in [2.05, 4.69) is 30.7 Å². The molecule has 52 valence electrons. The molecule has 0 amide bonds. The fraction of sp³-hybridized carbons (Fsp3) is 0.714. The minimum atomic E-state index is 0.486. The van der Waals surface area contributed by atoms with Gasteiger partial charge in [0.05, 0.1) is 6.17 Å². The first kappa shape index (κ1) is 6.46. The normalized spacial score (nSPS) is 24.7. The molecule has 0 radical (unpaired) electrons. The molecule has 0 fully saturated rings. The third-order valence-electron chi connectivity index (χ3n) is 1.61. The Morgan fingerprint density at radius 1 is 1.56 bits per heavy atom. The third-order valence-corrected chi connectivity index (χ3v) is 1.61. The number of allylic oxidation sites excluding steroid dienone is 1. The van der Waals surface area contributed by atoms with Crippen molar-refractivity contribution in [3.8, 4) is 0 Å². The predicted octanol–water partition coefficient (Wildman–Crippen LogP) is 1.17. The molecule has 0 aliphatic carbocycles. The molecule has 0 aromatic carbocycles. The lowest BCUT2D eigenvalue weighted by Gasteiger charge is -2.09. The smallest absolute Gasteiger partial charge is 0.0955 e. The van der Waals surface area contributed by atoms with Gasteiger partial charge >= 0.3 is 0 Å². The largest absolute Gasteiger partial charge is 0.370 e. The minimum Gasteiger partial charge on any atom is -0.370 e. The van der Waals surface area contributed by atoms with Gasteiger partial charge in [-0.1, -0.05) is 13.8 Å². The van der Waals surface area contributed by atoms with Crippen molar-refractivity contribution in [2.45, 2.75) is 32.9 Å². The summed E-state index contributed by atoms with van der Waals surface area (Å²) in [5, 5.41) is 6.57. The van der Waals surface area contributed by atoms with Crippen LogP contribution in [0.4, 0.5) is 0 Å². The average Bonchev–Trinajstić information content (AvgIpc) is 2.34. The zero-order valence-electron chi connectivity index (χ0n) is 6.07. The molecule has 1 aliphatic rings. The fourth-order valence-corrected chi connectivity index (χ4v) is 0.932. The van der Waals surface area contributed by atoms with Gasteiger partial charge in [-0.25, -0.2) is 0 Å². The summed E-state index contributed by atoms with van der Waals surface area (Å²) in [4.78, 5) is 0. The highest BCUT2D eigenvalue weighted by Gasteiger charge is 2.09. The Balaban J connectivity index is 2.31. The van der Waals surface area contributed by atoms with Crippen molar-refractivity contribution >= 4 is 0 Å². The number of rotatable bonds is 2. The lowest BCUT2D eigenvalue weighted by Crippen LogP contribution is -2.30. The topological polar surface area (TPSA) is 24.1 Å². The van der Waals surface area contributed by atoms with E-state index in [1.165, 1.54) is 5.70 Å². The van der Waals surface area contributed by atoms with Gasteiger partial charge in [-0.15, -0.1) is 0 Å². The molecule has 1 heterocycles. The van der Waals surface area contributed by atoms with Crippen LogP contribution in [0.1, 0.15) is 26.7 Å². The van der Waals surface area contributed by atoms with Crippen molar-refractivity contribution in [2.75, 3.05) is 0 Å². The Labute approximate surface area is 56.3 Å². The van der Waals surface area contributed by atoms with Crippen LogP contribution in [0.5, 0.6) is 0 Å². The summed E-state index contributed by atoms with van der Waals surface area (Å²) in [5.41, 5.74) is 1.32. The summed E-state index contributed by atoms with van der Waals surface area (Å²) >= 11 is 0. The van der Waals surface area contributed by atoms with Crippen molar-refractivity contribution in [3.05, 3.63) is 11.9 Å². The van der Waals surface area contributed by atoms with Crippen molar-refractivity contribution < 1.29 is 0 Å². The molecule has 0 aromatic rings. The second kappa shape index (κ2) is 2.76. The Hall–Kier alpha value is -0.660. The van der Waals surface area contributed by atoms with Crippen molar-refractivity contribution in [1.82, 2.24) is 10.6 Å². The quantitative estimate of drug-likeness (QED) is 0.580. The summed E-state index contributed by atoms with van der Waals surface area (Å²) in [7, 11) is 0. The van der Waals surface area contributed by atoms with Crippen LogP contribution in [-0.2, 0) is 0 Å². The number of hydrogen-bond donors (Lipinski definition) is 2. The standard InChI is InChI=1S/C7H14N2/c1-3-6-5-8-7(4-2)9-6/h5,7-9H,3-4H2,1-2H3. The first-order valence-electron chi connectivity index (χ1n) is 3.58. The van der Waals surface area contributed by atoms with Crippen LogP contribution in [0, 0.1) is 0 Å². The van der Waals surface area contributed by atoms with Gasteiger partial charge in [0.1, 0.15) is 0 Å². The van der Waals surface area contributed by atoms with Crippen molar-refractivity contribution in [3.63, 3.8) is 0 Å². The monoisotopic (exact) mass is 126 g/mol. The highest BCUT2D eigenvalue weighted by Crippen LogP contribution is 2.03. The Morgan fingerprint density at radius 2 is 2.33 bits per heavy atom. The Bertz CT molecular complexity index is 118. The van der Waals surface area contributed by atoms with E-state index < -0.39 is 0 Å². The molecular weight excluding hydrogens is 112 g/mol. The van der Waals surface area contributed by atoms with E-state index in [-0.39, 0.29) is 0 Å². The lowest BCUT2D eigenvalue weighted by molar-refractivity contribution is 0.539. The van der Waals surface area contributed by atoms with E-state index in [0.29, 0.717) is 6.17 Å². The minimum absolute atomic E-state index is 0.486. The molecule has 2 heteroatoms. The van der Waals surface area contributed by atoms with Gasteiger partial charge in [0, 0.05) is 11.9 Å². The second-order valence-electron chi connectivity index (χ2n) is 2.29. The fourth-order valence-electron chi connectivity index (χ4n) is 0.932. The Morgan fingerprint density at radius 3 is 2.67 bits per heavy atom. The number of hydrogen-bond acceptors (Lipinski definition) is 2. The van der Waals surface area contributed by atoms with Crippen LogP contribution in [-0.4, -0.2) is 6.17 Å². The third kappa shape index (κ3) is 1.37. The molecule has 0 bridgehead atoms. The molecule has 9 heavy (non-hydrogen) atoms. The molecule has 2 N–H and O–H groups in total. The van der Waals surface area contributed by atoms with Gasteiger partial charge < -0.3 is 10.6 Å². The van der Waals surface area contributed by atoms with Gasteiger partial charge in [0.15, 0.2) is 0 Å².